The van der Waals surface area contributed by atoms with Crippen molar-refractivity contribution in [2.24, 2.45) is 0 Å². The van der Waals surface area contributed by atoms with Crippen LogP contribution in [0.2, 0.25) is 0 Å². The number of aromatic nitrogens is 1. The molecule has 1 heterocycles. The molecule has 0 atom stereocenters. The number of hydrogen-bond donors (Lipinski definition) is 0. The highest BCUT2D eigenvalue weighted by molar-refractivity contribution is 5.93. The van der Waals surface area contributed by atoms with Crippen LogP contribution in [0.3, 0.4) is 0 Å². The molecule has 2 aromatic rings. The molecule has 1 aromatic heterocycles. The maximum Gasteiger partial charge on any atom is 0.253 e. The summed E-state index contributed by atoms with van der Waals surface area (Å²) in [6, 6.07) is 11.8. The average molecular weight is 228 g/mol. The van der Waals surface area contributed by atoms with E-state index >= 15 is 0 Å². The van der Waals surface area contributed by atoms with Gasteiger partial charge in [-0.1, -0.05) is 12.1 Å². The summed E-state index contributed by atoms with van der Waals surface area (Å²) in [4.78, 5) is 13.3. The van der Waals surface area contributed by atoms with E-state index in [2.05, 4.69) is 4.57 Å². The first kappa shape index (κ1) is 11.5. The molecule has 3 heteroatoms. The van der Waals surface area contributed by atoms with Crippen molar-refractivity contribution in [3.8, 4) is 0 Å². The summed E-state index contributed by atoms with van der Waals surface area (Å²) in [6.45, 7) is 0.837. The summed E-state index contributed by atoms with van der Waals surface area (Å²) >= 11 is 0. The van der Waals surface area contributed by atoms with E-state index in [1.54, 1.807) is 19.0 Å². The highest BCUT2D eigenvalue weighted by Gasteiger charge is 2.06. The van der Waals surface area contributed by atoms with Crippen LogP contribution in [0.25, 0.3) is 0 Å². The molecule has 0 aliphatic rings. The fourth-order valence-electron chi connectivity index (χ4n) is 1.70. The summed E-state index contributed by atoms with van der Waals surface area (Å²) in [5.41, 5.74) is 1.92. The normalized spacial score (nSPS) is 10.2. The molecule has 17 heavy (non-hydrogen) atoms. The zero-order valence-electron chi connectivity index (χ0n) is 10.1. The van der Waals surface area contributed by atoms with E-state index in [0.29, 0.717) is 0 Å². The Morgan fingerprint density at radius 2 is 1.71 bits per heavy atom. The fourth-order valence-corrected chi connectivity index (χ4v) is 1.70. The van der Waals surface area contributed by atoms with Gasteiger partial charge < -0.3 is 9.47 Å². The molecule has 0 saturated heterocycles. The van der Waals surface area contributed by atoms with Gasteiger partial charge in [-0.3, -0.25) is 4.79 Å². The van der Waals surface area contributed by atoms with Crippen molar-refractivity contribution in [3.63, 3.8) is 0 Å². The second kappa shape index (κ2) is 4.87. The van der Waals surface area contributed by atoms with Crippen molar-refractivity contribution < 1.29 is 4.79 Å². The maximum absolute atomic E-state index is 11.7. The minimum Gasteiger partial charge on any atom is -0.350 e. The second-order valence-corrected chi connectivity index (χ2v) is 4.25. The maximum atomic E-state index is 11.7. The molecule has 0 spiro atoms. The summed E-state index contributed by atoms with van der Waals surface area (Å²) in [7, 11) is 3.52. The number of rotatable bonds is 3. The van der Waals surface area contributed by atoms with Crippen molar-refractivity contribution in [2.75, 3.05) is 14.1 Å². The monoisotopic (exact) mass is 228 g/mol. The van der Waals surface area contributed by atoms with Crippen LogP contribution < -0.4 is 0 Å². The van der Waals surface area contributed by atoms with E-state index in [-0.39, 0.29) is 5.91 Å². The Hall–Kier alpha value is -2.03. The number of benzene rings is 1. The molecule has 1 amide bonds. The van der Waals surface area contributed by atoms with Gasteiger partial charge in [-0.25, -0.2) is 0 Å². The van der Waals surface area contributed by atoms with Crippen LogP contribution in [0.1, 0.15) is 15.9 Å². The third kappa shape index (κ3) is 2.75. The Labute approximate surface area is 101 Å². The van der Waals surface area contributed by atoms with Gasteiger partial charge in [0.2, 0.25) is 0 Å². The first-order valence-corrected chi connectivity index (χ1v) is 5.58. The highest BCUT2D eigenvalue weighted by Crippen LogP contribution is 2.08. The van der Waals surface area contributed by atoms with Gasteiger partial charge in [0, 0.05) is 38.6 Å². The summed E-state index contributed by atoms with van der Waals surface area (Å²) < 4.78 is 2.10. The zero-order chi connectivity index (χ0) is 12.3. The molecular formula is C14H16N2O. The number of nitrogens with zero attached hydrogens (tertiary/aromatic N) is 2. The molecular weight excluding hydrogens is 212 g/mol. The number of carbonyl (C=O) groups excluding carboxylic acids is 1. The predicted molar refractivity (Wildman–Crippen MR) is 68.0 cm³/mol. The van der Waals surface area contributed by atoms with E-state index in [0.717, 1.165) is 12.1 Å². The SMILES string of the molecule is CN(C)C(=O)c1ccc(Cn2cccc2)cc1. The summed E-state index contributed by atoms with van der Waals surface area (Å²) in [6.07, 6.45) is 4.05. The molecule has 0 aliphatic carbocycles. The van der Waals surface area contributed by atoms with Gasteiger partial charge in [0.05, 0.1) is 0 Å². The average Bonchev–Trinajstić information content (AvgIpc) is 2.82. The summed E-state index contributed by atoms with van der Waals surface area (Å²) in [5, 5.41) is 0. The van der Waals surface area contributed by atoms with Gasteiger partial charge in [-0.15, -0.1) is 0 Å². The molecule has 0 bridgehead atoms. The lowest BCUT2D eigenvalue weighted by atomic mass is 10.1. The number of carbonyl (C=O) groups is 1. The Morgan fingerprint density at radius 3 is 2.24 bits per heavy atom. The molecule has 0 aliphatic heterocycles. The van der Waals surface area contributed by atoms with Gasteiger partial charge in [0.1, 0.15) is 0 Å². The van der Waals surface area contributed by atoms with Crippen LogP contribution in [0, 0.1) is 0 Å². The predicted octanol–water partition coefficient (Wildman–Crippen LogP) is 2.24. The molecule has 0 saturated carbocycles. The van der Waals surface area contributed by atoms with Crippen LogP contribution >= 0.6 is 0 Å². The van der Waals surface area contributed by atoms with E-state index < -0.39 is 0 Å². The van der Waals surface area contributed by atoms with Gasteiger partial charge in [-0.05, 0) is 29.8 Å². The lowest BCUT2D eigenvalue weighted by Crippen LogP contribution is -2.21. The molecule has 0 unspecified atom stereocenters. The Kier molecular flexibility index (Phi) is 3.28. The quantitative estimate of drug-likeness (QED) is 0.791. The van der Waals surface area contributed by atoms with E-state index in [1.165, 1.54) is 5.56 Å². The lowest BCUT2D eigenvalue weighted by Gasteiger charge is -2.10. The first-order chi connectivity index (χ1) is 8.16. The minimum atomic E-state index is 0.0394. The lowest BCUT2D eigenvalue weighted by molar-refractivity contribution is 0.0827. The second-order valence-electron chi connectivity index (χ2n) is 4.25. The van der Waals surface area contributed by atoms with Crippen LogP contribution in [-0.2, 0) is 6.54 Å². The molecule has 2 rings (SSSR count). The highest BCUT2D eigenvalue weighted by atomic mass is 16.2. The van der Waals surface area contributed by atoms with E-state index in [1.807, 2.05) is 48.8 Å². The van der Waals surface area contributed by atoms with Gasteiger partial charge in [0.15, 0.2) is 0 Å². The Morgan fingerprint density at radius 1 is 1.12 bits per heavy atom. The van der Waals surface area contributed by atoms with Crippen molar-refractivity contribution in [3.05, 3.63) is 59.9 Å². The number of amides is 1. The van der Waals surface area contributed by atoms with Crippen LogP contribution in [0.15, 0.2) is 48.8 Å². The van der Waals surface area contributed by atoms with Gasteiger partial charge in [0.25, 0.3) is 5.91 Å². The van der Waals surface area contributed by atoms with Crippen molar-refractivity contribution >= 4 is 5.91 Å². The topological polar surface area (TPSA) is 25.2 Å². The van der Waals surface area contributed by atoms with Crippen LogP contribution in [-0.4, -0.2) is 29.5 Å². The van der Waals surface area contributed by atoms with E-state index in [4.69, 9.17) is 0 Å². The molecule has 0 N–H and O–H groups in total. The van der Waals surface area contributed by atoms with E-state index in [9.17, 15) is 4.79 Å². The molecule has 88 valence electrons. The van der Waals surface area contributed by atoms with Crippen LogP contribution in [0.4, 0.5) is 0 Å². The Balaban J connectivity index is 2.10. The van der Waals surface area contributed by atoms with Crippen molar-refractivity contribution in [1.29, 1.82) is 0 Å². The zero-order valence-corrected chi connectivity index (χ0v) is 10.1. The Bertz CT molecular complexity index is 483. The van der Waals surface area contributed by atoms with Crippen molar-refractivity contribution in [2.45, 2.75) is 6.54 Å². The fraction of sp³-hybridized carbons (Fsp3) is 0.214. The third-order valence-electron chi connectivity index (χ3n) is 2.64. The summed E-state index contributed by atoms with van der Waals surface area (Å²) in [5.74, 6) is 0.0394. The smallest absolute Gasteiger partial charge is 0.253 e. The standard InChI is InChI=1S/C14H16N2O/c1-15(2)14(17)13-7-5-12(6-8-13)11-16-9-3-4-10-16/h3-10H,11H2,1-2H3. The van der Waals surface area contributed by atoms with Gasteiger partial charge >= 0.3 is 0 Å². The largest absolute Gasteiger partial charge is 0.350 e. The van der Waals surface area contributed by atoms with Crippen LogP contribution in [0.5, 0.6) is 0 Å². The molecule has 1 aromatic carbocycles. The molecule has 0 fully saturated rings. The minimum absolute atomic E-state index is 0.0394. The van der Waals surface area contributed by atoms with Crippen molar-refractivity contribution in [1.82, 2.24) is 9.47 Å². The third-order valence-corrected chi connectivity index (χ3v) is 2.64. The number of hydrogen-bond acceptors (Lipinski definition) is 1. The molecule has 0 radical (unpaired) electrons. The first-order valence-electron chi connectivity index (χ1n) is 5.58. The molecule has 3 nitrogen and oxygen atoms in total. The van der Waals surface area contributed by atoms with Gasteiger partial charge in [-0.2, -0.15) is 0 Å².